The van der Waals surface area contributed by atoms with Crippen LogP contribution in [-0.4, -0.2) is 14.1 Å². The summed E-state index contributed by atoms with van der Waals surface area (Å²) < 4.78 is 4.67. The lowest BCUT2D eigenvalue weighted by Gasteiger charge is -2.15. The van der Waals surface area contributed by atoms with Crippen LogP contribution in [0.4, 0.5) is 0 Å². The Kier molecular flexibility index (Phi) is 6.25. The Balaban J connectivity index is 1.06. The molecule has 0 aliphatic carbocycles. The molecule has 0 bridgehead atoms. The molecule has 3 aromatic heterocycles. The summed E-state index contributed by atoms with van der Waals surface area (Å²) in [5, 5.41) is 9.89. The fourth-order valence-corrected chi connectivity index (χ4v) is 8.40. The van der Waals surface area contributed by atoms with E-state index in [1.165, 1.54) is 76.7 Å². The molecule has 0 N–H and O–H groups in total. The van der Waals surface area contributed by atoms with Gasteiger partial charge in [-0.2, -0.15) is 0 Å². The van der Waals surface area contributed by atoms with Gasteiger partial charge >= 0.3 is 0 Å². The summed E-state index contributed by atoms with van der Waals surface area (Å²) in [4.78, 5) is 4.81. The minimum atomic E-state index is 0.971. The molecule has 8 aromatic carbocycles. The second kappa shape index (κ2) is 11.3. The molecule has 242 valence electrons. The molecule has 3 heteroatoms. The van der Waals surface area contributed by atoms with Gasteiger partial charge in [0.15, 0.2) is 0 Å². The van der Waals surface area contributed by atoms with Gasteiger partial charge in [0.1, 0.15) is 5.65 Å². The van der Waals surface area contributed by atoms with Crippen molar-refractivity contribution in [2.75, 3.05) is 0 Å². The van der Waals surface area contributed by atoms with Gasteiger partial charge in [0.2, 0.25) is 0 Å². The molecule has 52 heavy (non-hydrogen) atoms. The lowest BCUT2D eigenvalue weighted by Crippen LogP contribution is -1.94. The van der Waals surface area contributed by atoms with E-state index in [-0.39, 0.29) is 0 Å². The number of nitrogens with zero attached hydrogens (tertiary/aromatic N) is 3. The van der Waals surface area contributed by atoms with E-state index >= 15 is 0 Å². The number of pyridine rings is 1. The molecule has 0 saturated carbocycles. The van der Waals surface area contributed by atoms with Gasteiger partial charge in [0, 0.05) is 39.1 Å². The van der Waals surface area contributed by atoms with E-state index in [4.69, 9.17) is 4.98 Å². The molecular weight excluding hydrogens is 631 g/mol. The van der Waals surface area contributed by atoms with Crippen LogP contribution in [-0.2, 0) is 0 Å². The molecule has 0 fully saturated rings. The molecular formula is C49H31N3. The van der Waals surface area contributed by atoms with Crippen LogP contribution >= 0.6 is 0 Å². The minimum Gasteiger partial charge on any atom is -0.309 e. The van der Waals surface area contributed by atoms with Gasteiger partial charge in [-0.05, 0) is 117 Å². The van der Waals surface area contributed by atoms with E-state index in [9.17, 15) is 0 Å². The Hall–Kier alpha value is -6.97. The molecule has 11 aromatic rings. The van der Waals surface area contributed by atoms with Gasteiger partial charge in [0.25, 0.3) is 0 Å². The van der Waals surface area contributed by atoms with Crippen molar-refractivity contribution in [1.82, 2.24) is 14.1 Å². The van der Waals surface area contributed by atoms with Crippen molar-refractivity contribution in [1.29, 1.82) is 0 Å². The predicted octanol–water partition coefficient (Wildman–Crippen LogP) is 12.9. The first-order valence-electron chi connectivity index (χ1n) is 17.8. The second-order valence-corrected chi connectivity index (χ2v) is 13.6. The molecule has 0 spiro atoms. The minimum absolute atomic E-state index is 0.971. The highest BCUT2D eigenvalue weighted by molar-refractivity contribution is 6.15. The fourth-order valence-electron chi connectivity index (χ4n) is 8.40. The normalized spacial score (nSPS) is 11.8. The van der Waals surface area contributed by atoms with Gasteiger partial charge in [-0.25, -0.2) is 4.98 Å². The van der Waals surface area contributed by atoms with Crippen molar-refractivity contribution in [3.8, 4) is 33.6 Å². The van der Waals surface area contributed by atoms with Crippen molar-refractivity contribution in [3.05, 3.63) is 188 Å². The predicted molar refractivity (Wildman–Crippen MR) is 219 cm³/mol. The number of benzene rings is 8. The maximum Gasteiger partial charge on any atom is 0.145 e. The first-order valence-corrected chi connectivity index (χ1v) is 17.8. The summed E-state index contributed by atoms with van der Waals surface area (Å²) in [6.07, 6.45) is 1.88. The largest absolute Gasteiger partial charge is 0.309 e. The summed E-state index contributed by atoms with van der Waals surface area (Å²) in [7, 11) is 0. The Labute approximate surface area is 300 Å². The Morgan fingerprint density at radius 2 is 0.981 bits per heavy atom. The van der Waals surface area contributed by atoms with Gasteiger partial charge in [-0.1, -0.05) is 109 Å². The van der Waals surface area contributed by atoms with Crippen LogP contribution in [0.3, 0.4) is 0 Å². The third-order valence-corrected chi connectivity index (χ3v) is 10.7. The van der Waals surface area contributed by atoms with Gasteiger partial charge in [-0.3, -0.25) is 4.57 Å². The molecule has 0 aliphatic rings. The Morgan fingerprint density at radius 1 is 0.327 bits per heavy atom. The van der Waals surface area contributed by atoms with Crippen LogP contribution < -0.4 is 0 Å². The average Bonchev–Trinajstić information content (AvgIpc) is 3.73. The number of aromatic nitrogens is 3. The number of hydrogen-bond acceptors (Lipinski definition) is 1. The highest BCUT2D eigenvalue weighted by Gasteiger charge is 2.16. The molecule has 11 rings (SSSR count). The lowest BCUT2D eigenvalue weighted by molar-refractivity contribution is 1.14. The third-order valence-electron chi connectivity index (χ3n) is 10.7. The molecule has 0 radical (unpaired) electrons. The molecule has 0 amide bonds. The first-order chi connectivity index (χ1) is 25.8. The van der Waals surface area contributed by atoms with Gasteiger partial charge in [0.05, 0.1) is 16.6 Å². The van der Waals surface area contributed by atoms with Crippen molar-refractivity contribution in [2.24, 2.45) is 0 Å². The molecule has 0 atom stereocenters. The summed E-state index contributed by atoms with van der Waals surface area (Å²) in [5.74, 6) is 0. The Bertz CT molecular complexity index is 3130. The number of fused-ring (bicyclic) bond motifs is 9. The first kappa shape index (κ1) is 28.8. The number of hydrogen-bond donors (Lipinski definition) is 0. The van der Waals surface area contributed by atoms with Crippen molar-refractivity contribution in [3.63, 3.8) is 0 Å². The Morgan fingerprint density at radius 3 is 1.79 bits per heavy atom. The van der Waals surface area contributed by atoms with Crippen LogP contribution in [0.1, 0.15) is 0 Å². The van der Waals surface area contributed by atoms with Crippen molar-refractivity contribution >= 4 is 65.3 Å². The van der Waals surface area contributed by atoms with Crippen LogP contribution in [0.25, 0.3) is 98.9 Å². The molecule has 3 heterocycles. The quantitative estimate of drug-likeness (QED) is 0.172. The third kappa shape index (κ3) is 4.30. The van der Waals surface area contributed by atoms with E-state index in [1.807, 2.05) is 12.3 Å². The highest BCUT2D eigenvalue weighted by atomic mass is 15.0. The molecule has 0 aliphatic heterocycles. The number of para-hydroxylation sites is 3. The average molecular weight is 662 g/mol. The van der Waals surface area contributed by atoms with Gasteiger partial charge in [-0.15, -0.1) is 0 Å². The van der Waals surface area contributed by atoms with E-state index in [0.717, 1.165) is 22.2 Å². The standard InChI is InChI=1S/C49H31N3/c1-2-14-36(15-3-1)52-48-26-24-33(29-45(48)42-20-11-27-50-49(42)52)32-12-10-13-34(28-32)43-30-35-23-25-37(31-44(35)39-17-5-4-16-38(39)43)51-46-21-8-6-18-40(46)41-19-7-9-22-47(41)51/h1-31H. The maximum atomic E-state index is 4.81. The maximum absolute atomic E-state index is 4.81. The van der Waals surface area contributed by atoms with E-state index < -0.39 is 0 Å². The van der Waals surface area contributed by atoms with Crippen molar-refractivity contribution in [2.45, 2.75) is 0 Å². The highest BCUT2D eigenvalue weighted by Crippen LogP contribution is 2.40. The number of rotatable bonds is 4. The van der Waals surface area contributed by atoms with E-state index in [0.29, 0.717) is 0 Å². The zero-order chi connectivity index (χ0) is 34.2. The molecule has 0 saturated heterocycles. The van der Waals surface area contributed by atoms with E-state index in [1.54, 1.807) is 0 Å². The van der Waals surface area contributed by atoms with Crippen molar-refractivity contribution < 1.29 is 0 Å². The van der Waals surface area contributed by atoms with Gasteiger partial charge < -0.3 is 4.57 Å². The summed E-state index contributed by atoms with van der Waals surface area (Å²) in [6.45, 7) is 0. The second-order valence-electron chi connectivity index (χ2n) is 13.6. The lowest BCUT2D eigenvalue weighted by atomic mass is 9.91. The summed E-state index contributed by atoms with van der Waals surface area (Å²) >= 11 is 0. The van der Waals surface area contributed by atoms with Crippen LogP contribution in [0.2, 0.25) is 0 Å². The SMILES string of the molecule is c1ccc(-n2c3ccc(-c4cccc(-c5cc6ccc(-n7c8ccccc8c8ccccc87)cc6c6ccccc56)c4)cc3c3cccnc32)cc1. The monoisotopic (exact) mass is 661 g/mol. The summed E-state index contributed by atoms with van der Waals surface area (Å²) in [6, 6.07) is 66.1. The van der Waals surface area contributed by atoms with Crippen LogP contribution in [0, 0.1) is 0 Å². The molecule has 0 unspecified atom stereocenters. The zero-order valence-electron chi connectivity index (χ0n) is 28.2. The molecule has 3 nitrogen and oxygen atoms in total. The van der Waals surface area contributed by atoms with Crippen LogP contribution in [0.15, 0.2) is 188 Å². The van der Waals surface area contributed by atoms with E-state index in [2.05, 4.69) is 185 Å². The summed E-state index contributed by atoms with van der Waals surface area (Å²) in [5.41, 5.74) is 11.7. The topological polar surface area (TPSA) is 22.8 Å². The van der Waals surface area contributed by atoms with Crippen LogP contribution in [0.5, 0.6) is 0 Å². The zero-order valence-corrected chi connectivity index (χ0v) is 28.2. The smallest absolute Gasteiger partial charge is 0.145 e. The fraction of sp³-hybridized carbons (Fsp3) is 0.